The average Bonchev–Trinajstić information content (AvgIpc) is 4.09. The number of thiol groups is 1. The van der Waals surface area contributed by atoms with Crippen LogP contribution in [0.2, 0.25) is 0 Å². The minimum Gasteiger partial charge on any atom is -0.396 e. The third-order valence-electron chi connectivity index (χ3n) is 11.2. The van der Waals surface area contributed by atoms with Gasteiger partial charge in [0, 0.05) is 50.6 Å². The van der Waals surface area contributed by atoms with E-state index in [-0.39, 0.29) is 55.2 Å². The van der Waals surface area contributed by atoms with E-state index in [1.54, 1.807) is 13.8 Å². The van der Waals surface area contributed by atoms with Gasteiger partial charge in [-0.1, -0.05) is 12.2 Å². The number of imidazole rings is 1. The molecular weight excluding hydrogens is 1180 g/mol. The normalized spacial score (nSPS) is 28.3. The highest BCUT2D eigenvalue weighted by Gasteiger charge is 2.51. The molecule has 0 saturated carbocycles. The largest absolute Gasteiger partial charge is 0.396 e. The van der Waals surface area contributed by atoms with Crippen molar-refractivity contribution >= 4 is 102 Å². The molecule has 3 saturated heterocycles. The number of nitrogens with zero attached hydrogens (tertiary/aromatic N) is 5. The third kappa shape index (κ3) is 15.6. The van der Waals surface area contributed by atoms with Gasteiger partial charge >= 0.3 is 31.5 Å². The van der Waals surface area contributed by atoms with E-state index in [1.807, 2.05) is 0 Å². The highest BCUT2D eigenvalue weighted by Crippen LogP contribution is 2.58. The Balaban J connectivity index is 1.10. The van der Waals surface area contributed by atoms with Crippen LogP contribution in [0.4, 0.5) is 5.95 Å². The summed E-state index contributed by atoms with van der Waals surface area (Å²) in [7, 11) is 1.29. The van der Waals surface area contributed by atoms with Gasteiger partial charge in [0.1, 0.15) is 43.0 Å². The lowest BCUT2D eigenvalue weighted by Crippen LogP contribution is -2.39. The molecule has 4 aromatic rings. The molecule has 0 aliphatic carbocycles. The van der Waals surface area contributed by atoms with Crippen LogP contribution in [-0.2, 0) is 102 Å². The molecule has 7 unspecified atom stereocenters. The molecule has 7 heterocycles. The Morgan fingerprint density at radius 3 is 1.97 bits per heavy atom. The van der Waals surface area contributed by atoms with Crippen LogP contribution in [-0.4, -0.2) is 147 Å². The second kappa shape index (κ2) is 25.1. The number of rotatable bonds is 25. The number of aromatic amines is 3. The number of nitrogens with two attached hydrogens (primary N) is 1. The van der Waals surface area contributed by atoms with Gasteiger partial charge in [-0.3, -0.25) is 43.0 Å². The summed E-state index contributed by atoms with van der Waals surface area (Å²) in [4.78, 5) is 112. The van der Waals surface area contributed by atoms with Gasteiger partial charge in [0.25, 0.3) is 16.7 Å². The molecule has 7 rings (SSSR count). The number of anilines is 1. The van der Waals surface area contributed by atoms with Crippen molar-refractivity contribution in [1.82, 2.24) is 38.6 Å². The van der Waals surface area contributed by atoms with Crippen molar-refractivity contribution < 1.29 is 74.9 Å². The van der Waals surface area contributed by atoms with Crippen molar-refractivity contribution in [3.05, 3.63) is 82.4 Å². The van der Waals surface area contributed by atoms with Gasteiger partial charge in [0.05, 0.1) is 51.1 Å². The van der Waals surface area contributed by atoms with Gasteiger partial charge < -0.3 is 80.7 Å². The molecule has 0 radical (unpaired) electrons. The molecule has 39 heteroatoms. The first-order valence-corrected chi connectivity index (χ1v) is 33.8. The van der Waals surface area contributed by atoms with E-state index in [1.165, 1.54) is 31.1 Å². The van der Waals surface area contributed by atoms with Crippen LogP contribution in [0.5, 0.6) is 0 Å². The minimum atomic E-state index is -4.45. The number of H-pyrrole nitrogens is 3. The van der Waals surface area contributed by atoms with Gasteiger partial charge in [0.2, 0.25) is 11.6 Å². The third-order valence-corrected chi connectivity index (χ3v) is 18.3. The maximum Gasteiger partial charge on any atom is 0.330 e. The average molecular weight is 1230 g/mol. The molecule has 4 aromatic heterocycles. The zero-order valence-electron chi connectivity index (χ0n) is 39.7. The second-order valence-corrected chi connectivity index (χ2v) is 30.6. The predicted octanol–water partition coefficient (Wildman–Crippen LogP) is 0.432. The van der Waals surface area contributed by atoms with E-state index in [9.17, 15) is 43.8 Å². The summed E-state index contributed by atoms with van der Waals surface area (Å²) in [6.45, 7) is -9.91. The fourth-order valence-corrected chi connectivity index (χ4v) is 14.6. The summed E-state index contributed by atoms with van der Waals surface area (Å²) in [5, 5.41) is 9.28. The topological polar surface area (TPSA) is 391 Å². The van der Waals surface area contributed by atoms with Crippen molar-refractivity contribution in [2.24, 2.45) is 0 Å². The second-order valence-electron chi connectivity index (χ2n) is 17.0. The lowest BCUT2D eigenvalue weighted by atomic mass is 10.1. The lowest BCUT2D eigenvalue weighted by molar-refractivity contribution is -0.0636. The zero-order chi connectivity index (χ0) is 54.8. The number of nitrogens with one attached hydrogen (secondary N) is 3. The van der Waals surface area contributed by atoms with Crippen LogP contribution in [0.3, 0.4) is 0 Å². The Kier molecular flexibility index (Phi) is 20.2. The number of nitrogen functional groups attached to an aromatic ring is 1. The standard InChI is InChI=1S/C36H53N9O21P4S5/c1-17(2)63-67(52,71)57-13-22-20(11-26(61-22)45-16-38-27-30(45)40-34(37)41-32(27)49)65-68(53,72)58-14-21-19(10-25(60-21)44-12-18(3)31(48)42-36(44)51)64-69(54,73)59-15-23-28(66-70(74,75)56-9-5-8-46)29(55-4)33(62-23)43-7-6-24(47)39-35(43)50/h6-7,12,16-17,19-23,25-26,28-29,33,46H,5,8-11,13-15H2,1-4H3,(H,52,71)(H,53,72)(H,54,73)(H,74,75)(H,39,47,50)(H,42,48,51)(H3,37,40,41,49)/t19?,20?,21-,22-,23-,25-,26-,28?,29+,33-,67?,68?,69?/m1/s1. The Labute approximate surface area is 449 Å². The predicted molar refractivity (Wildman–Crippen MR) is 281 cm³/mol. The molecule has 0 amide bonds. The first-order valence-electron chi connectivity index (χ1n) is 22.3. The molecule has 75 heavy (non-hydrogen) atoms. The summed E-state index contributed by atoms with van der Waals surface area (Å²) in [5.74, 6) is -0.206. The monoisotopic (exact) mass is 1230 g/mol. The van der Waals surface area contributed by atoms with Crippen molar-refractivity contribution in [1.29, 1.82) is 0 Å². The number of aliphatic hydroxyl groups is 1. The zero-order valence-corrected chi connectivity index (χ0v) is 47.5. The molecule has 14 atom stereocenters. The first-order chi connectivity index (χ1) is 35.2. The van der Waals surface area contributed by atoms with Gasteiger partial charge in [-0.15, -0.1) is 0 Å². The van der Waals surface area contributed by atoms with E-state index >= 15 is 0 Å². The maximum absolute atomic E-state index is 13.1. The number of fused-ring (bicyclic) bond motifs is 1. The molecular formula is C36H53N9O21P4S5. The van der Waals surface area contributed by atoms with Crippen LogP contribution >= 0.6 is 38.1 Å². The molecule has 0 aromatic carbocycles. The molecule has 3 fully saturated rings. The molecule has 418 valence electrons. The molecule has 9 N–H and O–H groups in total. The van der Waals surface area contributed by atoms with Gasteiger partial charge in [0.15, 0.2) is 17.4 Å². The smallest absolute Gasteiger partial charge is 0.330 e. The van der Waals surface area contributed by atoms with Crippen molar-refractivity contribution in [3.63, 3.8) is 0 Å². The fourth-order valence-electron chi connectivity index (χ4n) is 7.92. The summed E-state index contributed by atoms with van der Waals surface area (Å²) in [6, 6.07) is 1.07. The summed E-state index contributed by atoms with van der Waals surface area (Å²) in [6.07, 6.45) is -9.07. The summed E-state index contributed by atoms with van der Waals surface area (Å²) < 4.78 is 74.2. The Morgan fingerprint density at radius 2 is 1.39 bits per heavy atom. The molecule has 3 aliphatic rings. The Morgan fingerprint density at radius 1 is 0.800 bits per heavy atom. The number of methoxy groups -OCH3 is 1. The van der Waals surface area contributed by atoms with E-state index in [0.29, 0.717) is 0 Å². The quantitative estimate of drug-likeness (QED) is 0.0247. The lowest BCUT2D eigenvalue weighted by Gasteiger charge is -2.29. The van der Waals surface area contributed by atoms with Gasteiger partial charge in [-0.05, 0) is 74.4 Å². The summed E-state index contributed by atoms with van der Waals surface area (Å²) >= 11 is 26.0. The van der Waals surface area contributed by atoms with Crippen LogP contribution in [0.1, 0.15) is 57.4 Å². The molecule has 0 spiro atoms. The van der Waals surface area contributed by atoms with Crippen LogP contribution in [0, 0.1) is 6.92 Å². The minimum absolute atomic E-state index is 0.0296. The number of hydrogen-bond acceptors (Lipinski definition) is 25. The fraction of sp³-hybridized carbons (Fsp3) is 0.639. The molecule has 0 bridgehead atoms. The SMILES string of the molecule is CO[C@H]1C(OP(=S)(S)OCCCO)[C@@H](COP(O)(=S)OC2C[C@H](n3cc(C)c(=O)[nH]c3=O)O[C@@H]2COP(O)(=S)OC2C[C@H](n3cnc4c(=O)[nH]c(N)nc43)O[C@@H]2COP(O)(=S)OC(C)C)O[C@H]1n1ccc(=O)[nH]c1=O. The van der Waals surface area contributed by atoms with Crippen molar-refractivity contribution in [2.75, 3.05) is 45.9 Å². The van der Waals surface area contributed by atoms with Gasteiger partial charge in [-0.25, -0.2) is 14.6 Å². The number of aryl methyl sites for hydroxylation is 1. The number of hydrogen-bond donors (Lipinski definition) is 9. The highest BCUT2D eigenvalue weighted by molar-refractivity contribution is 8.60. The van der Waals surface area contributed by atoms with E-state index < -0.39 is 141 Å². The summed E-state index contributed by atoms with van der Waals surface area (Å²) in [5.41, 5.74) is -1.21. The van der Waals surface area contributed by atoms with Crippen molar-refractivity contribution in [3.8, 4) is 0 Å². The van der Waals surface area contributed by atoms with Gasteiger partial charge in [-0.2, -0.15) is 4.98 Å². The number of aliphatic hydroxyl groups excluding tert-OH is 1. The highest BCUT2D eigenvalue weighted by atomic mass is 32.9. The maximum atomic E-state index is 13.1. The Bertz CT molecular complexity index is 3200. The first kappa shape index (κ1) is 60.5. The number of aromatic nitrogens is 8. The molecule has 3 aliphatic heterocycles. The molecule has 30 nitrogen and oxygen atoms in total. The van der Waals surface area contributed by atoms with E-state index in [0.717, 1.165) is 21.4 Å². The van der Waals surface area contributed by atoms with Crippen molar-refractivity contribution in [2.45, 2.75) is 108 Å². The van der Waals surface area contributed by atoms with Crippen LogP contribution in [0.25, 0.3) is 11.2 Å². The number of ether oxygens (including phenoxy) is 4. The van der Waals surface area contributed by atoms with E-state index in [2.05, 4.69) is 37.2 Å². The van der Waals surface area contributed by atoms with E-state index in [4.69, 9.17) is 108 Å². The van der Waals surface area contributed by atoms with Crippen LogP contribution in [0.15, 0.2) is 48.8 Å². The Hall–Kier alpha value is -2.18. The van der Waals surface area contributed by atoms with Crippen LogP contribution < -0.4 is 33.8 Å².